The van der Waals surface area contributed by atoms with Crippen LogP contribution in [0, 0.1) is 5.82 Å². The Morgan fingerprint density at radius 2 is 2.00 bits per heavy atom. The molecule has 0 saturated carbocycles. The summed E-state index contributed by atoms with van der Waals surface area (Å²) < 4.78 is 15.8. The van der Waals surface area contributed by atoms with Crippen LogP contribution >= 0.6 is 0 Å². The average Bonchev–Trinajstić information content (AvgIpc) is 2.93. The summed E-state index contributed by atoms with van der Waals surface area (Å²) in [5.74, 6) is -0.232. The maximum Gasteiger partial charge on any atom is 0.259 e. The Balaban J connectivity index is 1.83. The van der Waals surface area contributed by atoms with Gasteiger partial charge in [-0.05, 0) is 30.7 Å². The Bertz CT molecular complexity index is 912. The fraction of sp³-hybridized carbons (Fsp3) is 0.188. The zero-order valence-corrected chi connectivity index (χ0v) is 12.5. The standard InChI is InChI=1S/C16H15FN4O2/c1-2-12-9-15(23)21-8-7-20(16(21)19-12)10-14(22)18-13-5-3-11(17)4-6-13/h3-9H,2,10H2,1H3,(H,18,22). The molecular weight excluding hydrogens is 299 g/mol. The van der Waals surface area contributed by atoms with Gasteiger partial charge < -0.3 is 9.88 Å². The summed E-state index contributed by atoms with van der Waals surface area (Å²) in [5.41, 5.74) is 1.01. The van der Waals surface area contributed by atoms with Crippen LogP contribution in [-0.4, -0.2) is 19.9 Å². The molecule has 0 fully saturated rings. The van der Waals surface area contributed by atoms with E-state index in [1.54, 1.807) is 17.0 Å². The van der Waals surface area contributed by atoms with Gasteiger partial charge in [-0.3, -0.25) is 14.0 Å². The molecule has 0 atom stereocenters. The van der Waals surface area contributed by atoms with Gasteiger partial charge in [0, 0.05) is 29.8 Å². The van der Waals surface area contributed by atoms with Gasteiger partial charge in [-0.15, -0.1) is 0 Å². The highest BCUT2D eigenvalue weighted by Crippen LogP contribution is 2.09. The molecule has 0 aliphatic carbocycles. The van der Waals surface area contributed by atoms with Gasteiger partial charge in [0.25, 0.3) is 5.56 Å². The van der Waals surface area contributed by atoms with Crippen molar-refractivity contribution in [3.8, 4) is 0 Å². The predicted octanol–water partition coefficient (Wildman–Crippen LogP) is 1.84. The van der Waals surface area contributed by atoms with Crippen LogP contribution < -0.4 is 10.9 Å². The Kier molecular flexibility index (Phi) is 3.92. The van der Waals surface area contributed by atoms with Gasteiger partial charge in [-0.2, -0.15) is 0 Å². The van der Waals surface area contributed by atoms with Crippen LogP contribution in [-0.2, 0) is 17.8 Å². The summed E-state index contributed by atoms with van der Waals surface area (Å²) in [6, 6.07) is 7.00. The number of aryl methyl sites for hydroxylation is 1. The second kappa shape index (κ2) is 6.04. The number of benzene rings is 1. The lowest BCUT2D eigenvalue weighted by atomic mass is 10.3. The smallest absolute Gasteiger partial charge is 0.259 e. The van der Waals surface area contributed by atoms with Crippen LogP contribution in [0.25, 0.3) is 5.78 Å². The maximum absolute atomic E-state index is 12.9. The molecule has 3 aromatic rings. The highest BCUT2D eigenvalue weighted by atomic mass is 19.1. The van der Waals surface area contributed by atoms with Gasteiger partial charge in [-0.25, -0.2) is 9.37 Å². The summed E-state index contributed by atoms with van der Waals surface area (Å²) in [6.45, 7) is 1.92. The highest BCUT2D eigenvalue weighted by molar-refractivity contribution is 5.90. The number of rotatable bonds is 4. The zero-order chi connectivity index (χ0) is 16.4. The molecule has 0 aliphatic heterocycles. The molecule has 23 heavy (non-hydrogen) atoms. The number of fused-ring (bicyclic) bond motifs is 1. The summed E-state index contributed by atoms with van der Waals surface area (Å²) in [6.07, 6.45) is 3.85. The molecular formula is C16H15FN4O2. The summed E-state index contributed by atoms with van der Waals surface area (Å²) >= 11 is 0. The summed E-state index contributed by atoms with van der Waals surface area (Å²) in [5, 5.41) is 2.67. The number of hydrogen-bond acceptors (Lipinski definition) is 3. The van der Waals surface area contributed by atoms with Crippen LogP contribution in [0.4, 0.5) is 10.1 Å². The number of halogens is 1. The minimum atomic E-state index is -0.366. The number of nitrogens with zero attached hydrogens (tertiary/aromatic N) is 3. The number of imidazole rings is 1. The molecule has 1 N–H and O–H groups in total. The van der Waals surface area contributed by atoms with E-state index in [1.807, 2.05) is 6.92 Å². The minimum Gasteiger partial charge on any atom is -0.325 e. The third kappa shape index (κ3) is 3.13. The van der Waals surface area contributed by atoms with Gasteiger partial charge in [0.05, 0.1) is 0 Å². The first-order valence-electron chi connectivity index (χ1n) is 7.19. The average molecular weight is 314 g/mol. The zero-order valence-electron chi connectivity index (χ0n) is 12.5. The molecule has 1 aromatic carbocycles. The minimum absolute atomic E-state index is 0.00742. The molecule has 1 amide bonds. The second-order valence-electron chi connectivity index (χ2n) is 5.09. The number of hydrogen-bond donors (Lipinski definition) is 1. The van der Waals surface area contributed by atoms with Crippen molar-refractivity contribution in [3.63, 3.8) is 0 Å². The number of anilines is 1. The van der Waals surface area contributed by atoms with Gasteiger partial charge in [0.1, 0.15) is 12.4 Å². The summed E-state index contributed by atoms with van der Waals surface area (Å²) in [4.78, 5) is 28.4. The van der Waals surface area contributed by atoms with Crippen molar-refractivity contribution < 1.29 is 9.18 Å². The number of amides is 1. The van der Waals surface area contributed by atoms with Crippen LogP contribution in [0.2, 0.25) is 0 Å². The number of carbonyl (C=O) groups is 1. The molecule has 0 spiro atoms. The van der Waals surface area contributed by atoms with Crippen molar-refractivity contribution in [1.29, 1.82) is 0 Å². The number of aromatic nitrogens is 3. The van der Waals surface area contributed by atoms with E-state index in [2.05, 4.69) is 10.3 Å². The molecule has 0 saturated heterocycles. The monoisotopic (exact) mass is 314 g/mol. The first-order valence-corrected chi connectivity index (χ1v) is 7.19. The van der Waals surface area contributed by atoms with E-state index in [0.29, 0.717) is 23.6 Å². The van der Waals surface area contributed by atoms with Gasteiger partial charge in [0.2, 0.25) is 11.7 Å². The van der Waals surface area contributed by atoms with Crippen molar-refractivity contribution in [2.75, 3.05) is 5.32 Å². The van der Waals surface area contributed by atoms with E-state index in [4.69, 9.17) is 0 Å². The largest absolute Gasteiger partial charge is 0.325 e. The SMILES string of the molecule is CCc1cc(=O)n2ccn(CC(=O)Nc3ccc(F)cc3)c2n1. The number of carbonyl (C=O) groups excluding carboxylic acids is 1. The van der Waals surface area contributed by atoms with Gasteiger partial charge >= 0.3 is 0 Å². The Hall–Kier alpha value is -2.96. The lowest BCUT2D eigenvalue weighted by Gasteiger charge is -2.07. The van der Waals surface area contributed by atoms with Gasteiger partial charge in [0.15, 0.2) is 0 Å². The molecule has 6 nitrogen and oxygen atoms in total. The lowest BCUT2D eigenvalue weighted by molar-refractivity contribution is -0.116. The Morgan fingerprint density at radius 1 is 1.26 bits per heavy atom. The Morgan fingerprint density at radius 3 is 2.70 bits per heavy atom. The van der Waals surface area contributed by atoms with E-state index >= 15 is 0 Å². The third-order valence-corrected chi connectivity index (χ3v) is 3.44. The Labute approximate surface area is 131 Å². The van der Waals surface area contributed by atoms with Crippen LogP contribution in [0.15, 0.2) is 47.5 Å². The molecule has 7 heteroatoms. The molecule has 2 aromatic heterocycles. The molecule has 0 bridgehead atoms. The maximum atomic E-state index is 12.9. The molecule has 118 valence electrons. The van der Waals surface area contributed by atoms with E-state index in [1.165, 1.54) is 34.7 Å². The van der Waals surface area contributed by atoms with Crippen molar-refractivity contribution in [2.45, 2.75) is 19.9 Å². The number of nitrogens with one attached hydrogen (secondary N) is 1. The van der Waals surface area contributed by atoms with E-state index in [-0.39, 0.29) is 23.8 Å². The van der Waals surface area contributed by atoms with Crippen molar-refractivity contribution in [3.05, 3.63) is 64.6 Å². The molecule has 0 unspecified atom stereocenters. The first kappa shape index (κ1) is 15.0. The van der Waals surface area contributed by atoms with Crippen LogP contribution in [0.5, 0.6) is 0 Å². The predicted molar refractivity (Wildman–Crippen MR) is 83.9 cm³/mol. The fourth-order valence-electron chi connectivity index (χ4n) is 2.27. The second-order valence-corrected chi connectivity index (χ2v) is 5.09. The van der Waals surface area contributed by atoms with Crippen molar-refractivity contribution >= 4 is 17.4 Å². The van der Waals surface area contributed by atoms with Crippen LogP contribution in [0.1, 0.15) is 12.6 Å². The molecule has 0 radical (unpaired) electrons. The fourth-order valence-corrected chi connectivity index (χ4v) is 2.27. The quantitative estimate of drug-likeness (QED) is 0.799. The summed E-state index contributed by atoms with van der Waals surface area (Å²) in [7, 11) is 0. The third-order valence-electron chi connectivity index (χ3n) is 3.44. The normalized spacial score (nSPS) is 10.9. The van der Waals surface area contributed by atoms with E-state index in [9.17, 15) is 14.0 Å². The first-order chi connectivity index (χ1) is 11.1. The van der Waals surface area contributed by atoms with Crippen LogP contribution in [0.3, 0.4) is 0 Å². The van der Waals surface area contributed by atoms with E-state index < -0.39 is 0 Å². The van der Waals surface area contributed by atoms with Crippen molar-refractivity contribution in [2.24, 2.45) is 0 Å². The topological polar surface area (TPSA) is 68.4 Å². The highest BCUT2D eigenvalue weighted by Gasteiger charge is 2.10. The van der Waals surface area contributed by atoms with E-state index in [0.717, 1.165) is 0 Å². The van der Waals surface area contributed by atoms with Gasteiger partial charge in [-0.1, -0.05) is 6.92 Å². The molecule has 3 rings (SSSR count). The lowest BCUT2D eigenvalue weighted by Crippen LogP contribution is -2.20. The van der Waals surface area contributed by atoms with Crippen molar-refractivity contribution in [1.82, 2.24) is 14.0 Å². The molecule has 2 heterocycles. The molecule has 0 aliphatic rings.